The molecule has 1 unspecified atom stereocenters. The first kappa shape index (κ1) is 8.94. The number of rotatable bonds is 1. The van der Waals surface area contributed by atoms with Gasteiger partial charge in [0.15, 0.2) is 0 Å². The highest BCUT2D eigenvalue weighted by atomic mass is 32.2. The lowest BCUT2D eigenvalue weighted by molar-refractivity contribution is 0.268. The Labute approximate surface area is 74.4 Å². The van der Waals surface area contributed by atoms with Crippen molar-refractivity contribution in [1.29, 1.82) is 0 Å². The van der Waals surface area contributed by atoms with Gasteiger partial charge in [-0.25, -0.2) is 0 Å². The number of aliphatic imine (C=N–C) groups is 1. The van der Waals surface area contributed by atoms with E-state index in [0.717, 1.165) is 11.8 Å². The average molecular weight is 184 g/mol. The van der Waals surface area contributed by atoms with Crippen molar-refractivity contribution in [3.8, 4) is 12.0 Å². The van der Waals surface area contributed by atoms with Crippen molar-refractivity contribution < 1.29 is 9.90 Å². The van der Waals surface area contributed by atoms with Gasteiger partial charge < -0.3 is 10.4 Å². The van der Waals surface area contributed by atoms with E-state index in [9.17, 15) is 4.79 Å². The van der Waals surface area contributed by atoms with Crippen LogP contribution in [0.4, 0.5) is 4.79 Å². The average Bonchev–Trinajstić information content (AvgIpc) is 2.36. The Bertz CT molecular complexity index is 277. The van der Waals surface area contributed by atoms with Gasteiger partial charge in [0.2, 0.25) is 0 Å². The zero-order chi connectivity index (χ0) is 8.97. The molecule has 0 fully saturated rings. The lowest BCUT2D eigenvalue weighted by atomic mass is 10.3. The van der Waals surface area contributed by atoms with Crippen LogP contribution in [0.15, 0.2) is 4.99 Å². The molecule has 0 spiro atoms. The molecule has 0 aromatic heterocycles. The van der Waals surface area contributed by atoms with Crippen LogP contribution in [0, 0.1) is 12.0 Å². The van der Waals surface area contributed by atoms with E-state index >= 15 is 0 Å². The molecule has 1 amide bonds. The topological polar surface area (TPSA) is 61.7 Å². The summed E-state index contributed by atoms with van der Waals surface area (Å²) in [4.78, 5) is 14.3. The fraction of sp³-hybridized carbons (Fsp3) is 0.429. The summed E-state index contributed by atoms with van der Waals surface area (Å²) in [6.07, 6.45) is 1.79. The standard InChI is InChI=1S/C7H8N2O2S/c1-5(2-3-10)8-6-4-12-7(11)9-6/h5,10H,4H2,1H3,(H,8,9,11). The SMILES string of the molecule is CC(C#CO)NC1=NC(=O)SC1. The zero-order valence-corrected chi connectivity index (χ0v) is 7.31. The van der Waals surface area contributed by atoms with E-state index in [2.05, 4.69) is 16.2 Å². The van der Waals surface area contributed by atoms with Crippen molar-refractivity contribution in [2.75, 3.05) is 5.75 Å². The van der Waals surface area contributed by atoms with E-state index in [4.69, 9.17) is 5.11 Å². The van der Waals surface area contributed by atoms with Crippen LogP contribution in [0.2, 0.25) is 0 Å². The van der Waals surface area contributed by atoms with E-state index < -0.39 is 0 Å². The fourth-order valence-corrected chi connectivity index (χ4v) is 1.34. The number of nitrogens with zero attached hydrogens (tertiary/aromatic N) is 1. The number of hydrogen-bond donors (Lipinski definition) is 2. The van der Waals surface area contributed by atoms with Crippen molar-refractivity contribution in [3.63, 3.8) is 0 Å². The second-order valence-electron chi connectivity index (χ2n) is 2.24. The lowest BCUT2D eigenvalue weighted by Crippen LogP contribution is -2.31. The molecule has 4 nitrogen and oxygen atoms in total. The van der Waals surface area contributed by atoms with Crippen LogP contribution in [0.3, 0.4) is 0 Å². The number of aliphatic hydroxyl groups excluding tert-OH is 1. The Morgan fingerprint density at radius 3 is 3.08 bits per heavy atom. The molecule has 0 aromatic rings. The number of nitrogens with one attached hydrogen (secondary N) is 1. The summed E-state index contributed by atoms with van der Waals surface area (Å²) < 4.78 is 0. The summed E-state index contributed by atoms with van der Waals surface area (Å²) in [6, 6.07) is -0.180. The second kappa shape index (κ2) is 4.02. The maximum atomic E-state index is 10.6. The van der Waals surface area contributed by atoms with E-state index in [1.165, 1.54) is 0 Å². The molecule has 0 radical (unpaired) electrons. The van der Waals surface area contributed by atoms with Crippen LogP contribution in [-0.2, 0) is 0 Å². The highest BCUT2D eigenvalue weighted by Crippen LogP contribution is 2.12. The van der Waals surface area contributed by atoms with Gasteiger partial charge in [0, 0.05) is 0 Å². The molecule has 64 valence electrons. The first-order valence-corrected chi connectivity index (χ1v) is 4.36. The molecule has 1 aliphatic rings. The second-order valence-corrected chi connectivity index (χ2v) is 3.16. The molecule has 12 heavy (non-hydrogen) atoms. The smallest absolute Gasteiger partial charge is 0.306 e. The van der Waals surface area contributed by atoms with Crippen LogP contribution in [0.1, 0.15) is 6.92 Å². The molecule has 0 bridgehead atoms. The molecule has 0 aromatic carbocycles. The number of hydrogen-bond acceptors (Lipinski definition) is 4. The van der Waals surface area contributed by atoms with Gasteiger partial charge in [-0.05, 0) is 12.8 Å². The minimum Gasteiger partial charge on any atom is -0.462 e. The minimum absolute atomic E-state index is 0.179. The Morgan fingerprint density at radius 2 is 2.58 bits per heavy atom. The molecule has 2 N–H and O–H groups in total. The summed E-state index contributed by atoms with van der Waals surface area (Å²) in [7, 11) is 0. The van der Waals surface area contributed by atoms with Crippen molar-refractivity contribution in [2.45, 2.75) is 13.0 Å². The predicted molar refractivity (Wildman–Crippen MR) is 47.6 cm³/mol. The summed E-state index contributed by atoms with van der Waals surface area (Å²) >= 11 is 1.15. The Hall–Kier alpha value is -1.15. The maximum absolute atomic E-state index is 10.6. The number of thioether (sulfide) groups is 1. The molecule has 0 saturated heterocycles. The predicted octanol–water partition coefficient (Wildman–Crippen LogP) is 0.563. The first-order chi connectivity index (χ1) is 5.72. The maximum Gasteiger partial charge on any atom is 0.306 e. The molecule has 1 heterocycles. The minimum atomic E-state index is -0.180. The van der Waals surface area contributed by atoms with E-state index in [-0.39, 0.29) is 11.3 Å². The van der Waals surface area contributed by atoms with Gasteiger partial charge in [0.05, 0.1) is 11.8 Å². The zero-order valence-electron chi connectivity index (χ0n) is 6.50. The number of carbonyl (C=O) groups excluding carboxylic acids is 1. The Morgan fingerprint density at radius 1 is 1.83 bits per heavy atom. The summed E-state index contributed by atoms with van der Waals surface area (Å²) in [5.74, 6) is 3.67. The third kappa shape index (κ3) is 2.47. The lowest BCUT2D eigenvalue weighted by Gasteiger charge is -2.05. The molecule has 0 aliphatic carbocycles. The molecule has 1 atom stereocenters. The van der Waals surface area contributed by atoms with Crippen LogP contribution < -0.4 is 5.32 Å². The van der Waals surface area contributed by atoms with Gasteiger partial charge in [0.1, 0.15) is 11.9 Å². The summed E-state index contributed by atoms with van der Waals surface area (Å²) in [6.45, 7) is 1.78. The molecule has 0 saturated carbocycles. The first-order valence-electron chi connectivity index (χ1n) is 3.38. The number of amidine groups is 1. The number of carbonyl (C=O) groups is 1. The Kier molecular flexibility index (Phi) is 3.00. The largest absolute Gasteiger partial charge is 0.462 e. The van der Waals surface area contributed by atoms with Gasteiger partial charge >= 0.3 is 5.24 Å². The van der Waals surface area contributed by atoms with Crippen LogP contribution in [0.25, 0.3) is 0 Å². The summed E-state index contributed by atoms with van der Waals surface area (Å²) in [5, 5.41) is 11.0. The van der Waals surface area contributed by atoms with Crippen LogP contribution in [0.5, 0.6) is 0 Å². The third-order valence-electron chi connectivity index (χ3n) is 1.22. The quantitative estimate of drug-likeness (QED) is 0.585. The van der Waals surface area contributed by atoms with E-state index in [0.29, 0.717) is 11.6 Å². The summed E-state index contributed by atoms with van der Waals surface area (Å²) in [5.41, 5.74) is 0. The van der Waals surface area contributed by atoms with E-state index in [1.807, 2.05) is 0 Å². The van der Waals surface area contributed by atoms with Crippen LogP contribution >= 0.6 is 11.8 Å². The molecular weight excluding hydrogens is 176 g/mol. The van der Waals surface area contributed by atoms with Gasteiger partial charge in [-0.1, -0.05) is 11.8 Å². The normalized spacial score (nSPS) is 17.8. The van der Waals surface area contributed by atoms with Crippen molar-refractivity contribution in [2.24, 2.45) is 4.99 Å². The van der Waals surface area contributed by atoms with Crippen molar-refractivity contribution in [3.05, 3.63) is 0 Å². The monoisotopic (exact) mass is 184 g/mol. The number of aliphatic hydroxyl groups is 1. The van der Waals surface area contributed by atoms with Gasteiger partial charge in [0.25, 0.3) is 0 Å². The fourth-order valence-electron chi connectivity index (χ4n) is 0.762. The molecule has 1 aliphatic heterocycles. The van der Waals surface area contributed by atoms with Gasteiger partial charge in [-0.15, -0.1) is 0 Å². The van der Waals surface area contributed by atoms with E-state index in [1.54, 1.807) is 13.0 Å². The Balaban J connectivity index is 2.45. The molecule has 5 heteroatoms. The molecule has 1 rings (SSSR count). The number of amides is 1. The van der Waals surface area contributed by atoms with Crippen molar-refractivity contribution in [1.82, 2.24) is 5.32 Å². The third-order valence-corrected chi connectivity index (χ3v) is 1.98. The van der Waals surface area contributed by atoms with Crippen LogP contribution in [-0.4, -0.2) is 28.0 Å². The highest BCUT2D eigenvalue weighted by molar-refractivity contribution is 8.14. The highest BCUT2D eigenvalue weighted by Gasteiger charge is 2.15. The van der Waals surface area contributed by atoms with Gasteiger partial charge in [-0.2, -0.15) is 4.99 Å². The van der Waals surface area contributed by atoms with Gasteiger partial charge in [-0.3, -0.25) is 4.79 Å². The molecular formula is C7H8N2O2S. The van der Waals surface area contributed by atoms with Crippen molar-refractivity contribution >= 4 is 22.8 Å².